The highest BCUT2D eigenvalue weighted by atomic mass is 35.5. The van der Waals surface area contributed by atoms with Gasteiger partial charge in [0.05, 0.1) is 39.7 Å². The molecule has 0 aliphatic heterocycles. The molecule has 4 rings (SSSR count). The molecule has 0 saturated heterocycles. The molecule has 4 aromatic rings. The van der Waals surface area contributed by atoms with Gasteiger partial charge in [-0.25, -0.2) is 26.6 Å². The Labute approximate surface area is 191 Å². The molecule has 33 heavy (non-hydrogen) atoms. The van der Waals surface area contributed by atoms with E-state index in [1.165, 1.54) is 22.9 Å². The maximum Gasteiger partial charge on any atom is 0.267 e. The summed E-state index contributed by atoms with van der Waals surface area (Å²) >= 11 is 6.31. The van der Waals surface area contributed by atoms with E-state index in [0.717, 1.165) is 18.4 Å². The van der Waals surface area contributed by atoms with Crippen molar-refractivity contribution in [1.82, 2.24) is 14.5 Å². The van der Waals surface area contributed by atoms with Crippen molar-refractivity contribution in [2.24, 2.45) is 0 Å². The van der Waals surface area contributed by atoms with Gasteiger partial charge in [0.15, 0.2) is 0 Å². The fourth-order valence-electron chi connectivity index (χ4n) is 3.32. The van der Waals surface area contributed by atoms with Gasteiger partial charge in [-0.1, -0.05) is 23.7 Å². The summed E-state index contributed by atoms with van der Waals surface area (Å²) in [4.78, 5) is 12.1. The Kier molecular flexibility index (Phi) is 5.61. The number of aromatic nitrogens is 2. The molecule has 0 atom stereocenters. The topological polar surface area (TPSA) is 105 Å². The molecular weight excluding hydrogens is 474 g/mol. The Morgan fingerprint density at radius 3 is 2.61 bits per heavy atom. The quantitative estimate of drug-likeness (QED) is 0.466. The standard InChI is InChI=1S/C22H13ClF2N4O3S/c1-33(31,32)28-22(30)15-9-17(23)20(10-18(15)25)29-19-6-5-14(24)8-16(19)21(27-29)13-4-2-3-12(7-13)11-26/h2-10H,1H3,(H,28,30). The molecule has 1 heterocycles. The van der Waals surface area contributed by atoms with Crippen molar-refractivity contribution in [1.29, 1.82) is 5.26 Å². The predicted molar refractivity (Wildman–Crippen MR) is 118 cm³/mol. The van der Waals surface area contributed by atoms with Crippen LogP contribution < -0.4 is 4.72 Å². The third kappa shape index (κ3) is 4.41. The van der Waals surface area contributed by atoms with Gasteiger partial charge in [0.2, 0.25) is 10.0 Å². The fourth-order valence-corrected chi connectivity index (χ4v) is 4.01. The molecule has 1 amide bonds. The van der Waals surface area contributed by atoms with E-state index in [4.69, 9.17) is 11.6 Å². The molecule has 0 aliphatic carbocycles. The van der Waals surface area contributed by atoms with Crippen molar-refractivity contribution >= 4 is 38.4 Å². The van der Waals surface area contributed by atoms with Crippen LogP contribution in [0.3, 0.4) is 0 Å². The summed E-state index contributed by atoms with van der Waals surface area (Å²) in [7, 11) is -3.91. The average Bonchev–Trinajstić information content (AvgIpc) is 3.12. The molecule has 0 fully saturated rings. The number of benzene rings is 3. The first kappa shape index (κ1) is 22.4. The minimum absolute atomic E-state index is 0.0457. The molecule has 3 aromatic carbocycles. The third-order valence-corrected chi connectivity index (χ3v) is 5.55. The van der Waals surface area contributed by atoms with E-state index in [1.807, 2.05) is 6.07 Å². The van der Waals surface area contributed by atoms with Crippen LogP contribution in [0.15, 0.2) is 54.6 Å². The van der Waals surface area contributed by atoms with E-state index in [9.17, 15) is 27.3 Å². The molecule has 0 aliphatic rings. The number of nitrogens with one attached hydrogen (secondary N) is 1. The minimum atomic E-state index is -3.91. The highest BCUT2D eigenvalue weighted by Gasteiger charge is 2.21. The number of sulfonamides is 1. The number of nitriles is 1. The van der Waals surface area contributed by atoms with E-state index in [0.29, 0.717) is 27.7 Å². The summed E-state index contributed by atoms with van der Waals surface area (Å²) in [5.41, 5.74) is 1.10. The molecule has 0 bridgehead atoms. The van der Waals surface area contributed by atoms with Crippen LogP contribution in [-0.2, 0) is 10.0 Å². The summed E-state index contributed by atoms with van der Waals surface area (Å²) < 4.78 is 54.4. The molecule has 1 N–H and O–H groups in total. The zero-order valence-electron chi connectivity index (χ0n) is 16.8. The number of fused-ring (bicyclic) bond motifs is 1. The molecule has 0 radical (unpaired) electrons. The molecule has 166 valence electrons. The van der Waals surface area contributed by atoms with Crippen LogP contribution in [0.1, 0.15) is 15.9 Å². The number of hydrogen-bond donors (Lipinski definition) is 1. The second kappa shape index (κ2) is 8.27. The van der Waals surface area contributed by atoms with E-state index in [1.54, 1.807) is 29.0 Å². The number of rotatable bonds is 4. The lowest BCUT2D eigenvalue weighted by Gasteiger charge is -2.10. The molecule has 7 nitrogen and oxygen atoms in total. The van der Waals surface area contributed by atoms with Crippen LogP contribution in [0, 0.1) is 23.0 Å². The van der Waals surface area contributed by atoms with Gasteiger partial charge in [-0.2, -0.15) is 10.4 Å². The lowest BCUT2D eigenvalue weighted by atomic mass is 10.1. The van der Waals surface area contributed by atoms with E-state index >= 15 is 0 Å². The maximum absolute atomic E-state index is 14.8. The summed E-state index contributed by atoms with van der Waals surface area (Å²) in [5.74, 6) is -2.73. The number of hydrogen-bond acceptors (Lipinski definition) is 5. The maximum atomic E-state index is 14.8. The summed E-state index contributed by atoms with van der Waals surface area (Å²) in [5, 5.41) is 14.0. The van der Waals surface area contributed by atoms with Crippen LogP contribution in [0.5, 0.6) is 0 Å². The highest BCUT2D eigenvalue weighted by molar-refractivity contribution is 7.89. The van der Waals surface area contributed by atoms with Crippen LogP contribution in [0.25, 0.3) is 27.8 Å². The Balaban J connectivity index is 1.91. The first-order chi connectivity index (χ1) is 15.6. The van der Waals surface area contributed by atoms with Gasteiger partial charge in [-0.15, -0.1) is 0 Å². The lowest BCUT2D eigenvalue weighted by Crippen LogP contribution is -2.30. The van der Waals surface area contributed by atoms with Crippen molar-refractivity contribution in [3.05, 3.63) is 82.4 Å². The first-order valence-electron chi connectivity index (χ1n) is 9.28. The van der Waals surface area contributed by atoms with E-state index in [-0.39, 0.29) is 10.7 Å². The van der Waals surface area contributed by atoms with Crippen molar-refractivity contribution in [3.8, 4) is 23.0 Å². The first-order valence-corrected chi connectivity index (χ1v) is 11.5. The van der Waals surface area contributed by atoms with Crippen molar-refractivity contribution < 1.29 is 22.0 Å². The Hall–Kier alpha value is -3.81. The SMILES string of the molecule is CS(=O)(=O)NC(=O)c1cc(Cl)c(-n2nc(-c3cccc(C#N)c3)c3cc(F)ccc32)cc1F. The Morgan fingerprint density at radius 2 is 1.91 bits per heavy atom. The number of amides is 1. The minimum Gasteiger partial charge on any atom is -0.268 e. The van der Waals surface area contributed by atoms with Crippen molar-refractivity contribution in [2.45, 2.75) is 0 Å². The van der Waals surface area contributed by atoms with Gasteiger partial charge in [0, 0.05) is 17.0 Å². The van der Waals surface area contributed by atoms with Crippen LogP contribution in [0.2, 0.25) is 5.02 Å². The number of carbonyl (C=O) groups is 1. The van der Waals surface area contributed by atoms with Crippen molar-refractivity contribution in [3.63, 3.8) is 0 Å². The summed E-state index contributed by atoms with van der Waals surface area (Å²) in [6.07, 6.45) is 0.761. The third-order valence-electron chi connectivity index (χ3n) is 4.69. The van der Waals surface area contributed by atoms with Gasteiger partial charge in [-0.05, 0) is 36.4 Å². The second-order valence-electron chi connectivity index (χ2n) is 7.10. The number of nitrogens with zero attached hydrogens (tertiary/aromatic N) is 3. The van der Waals surface area contributed by atoms with Crippen molar-refractivity contribution in [2.75, 3.05) is 6.26 Å². The summed E-state index contributed by atoms with van der Waals surface area (Å²) in [6, 6.07) is 14.4. The smallest absolute Gasteiger partial charge is 0.267 e. The van der Waals surface area contributed by atoms with Gasteiger partial charge < -0.3 is 0 Å². The zero-order chi connectivity index (χ0) is 23.9. The normalized spacial score (nSPS) is 11.4. The monoisotopic (exact) mass is 486 g/mol. The largest absolute Gasteiger partial charge is 0.268 e. The lowest BCUT2D eigenvalue weighted by molar-refractivity contribution is 0.0978. The predicted octanol–water partition coefficient (Wildman–Crippen LogP) is 4.19. The fraction of sp³-hybridized carbons (Fsp3) is 0.0455. The summed E-state index contributed by atoms with van der Waals surface area (Å²) in [6.45, 7) is 0. The molecule has 1 aromatic heterocycles. The highest BCUT2D eigenvalue weighted by Crippen LogP contribution is 2.33. The number of halogens is 3. The molecule has 0 unspecified atom stereocenters. The van der Waals surface area contributed by atoms with E-state index < -0.39 is 33.1 Å². The van der Waals surface area contributed by atoms with Gasteiger partial charge in [0.1, 0.15) is 17.3 Å². The van der Waals surface area contributed by atoms with Crippen LogP contribution >= 0.6 is 11.6 Å². The van der Waals surface area contributed by atoms with Gasteiger partial charge in [0.25, 0.3) is 5.91 Å². The van der Waals surface area contributed by atoms with Gasteiger partial charge in [-0.3, -0.25) is 4.79 Å². The second-order valence-corrected chi connectivity index (χ2v) is 9.26. The Bertz CT molecular complexity index is 1590. The molecular formula is C22H13ClF2N4O3S. The van der Waals surface area contributed by atoms with E-state index in [2.05, 4.69) is 5.10 Å². The zero-order valence-corrected chi connectivity index (χ0v) is 18.4. The molecule has 11 heteroatoms. The molecule has 0 spiro atoms. The molecule has 0 saturated carbocycles. The Morgan fingerprint density at radius 1 is 1.15 bits per heavy atom. The van der Waals surface area contributed by atoms with Crippen LogP contribution in [-0.4, -0.2) is 30.4 Å². The number of carbonyl (C=O) groups excluding carboxylic acids is 1. The average molecular weight is 487 g/mol. The van der Waals surface area contributed by atoms with Crippen LogP contribution in [0.4, 0.5) is 8.78 Å². The van der Waals surface area contributed by atoms with Gasteiger partial charge >= 0.3 is 0 Å².